The highest BCUT2D eigenvalue weighted by Gasteiger charge is 2.48. The molecule has 1 atom stereocenters. The predicted octanol–water partition coefficient (Wildman–Crippen LogP) is 4.81. The van der Waals surface area contributed by atoms with Crippen LogP contribution in [0.5, 0.6) is 0 Å². The summed E-state index contributed by atoms with van der Waals surface area (Å²) < 4.78 is 10.3. The zero-order chi connectivity index (χ0) is 24.7. The van der Waals surface area contributed by atoms with Crippen molar-refractivity contribution in [1.29, 1.82) is 0 Å². The molecule has 1 aliphatic heterocycles. The quantitative estimate of drug-likeness (QED) is 0.515. The minimum absolute atomic E-state index is 0.0618. The average molecular weight is 466 g/mol. The maximum Gasteiger partial charge on any atom is 0.339 e. The van der Waals surface area contributed by atoms with Crippen LogP contribution < -0.4 is 4.90 Å². The van der Waals surface area contributed by atoms with Crippen molar-refractivity contribution in [2.45, 2.75) is 13.0 Å². The third kappa shape index (κ3) is 3.46. The molecule has 0 saturated heterocycles. The second-order valence-electron chi connectivity index (χ2n) is 8.39. The number of aryl methyl sites for hydroxylation is 1. The number of fused-ring (bicyclic) bond motifs is 2. The Balaban J connectivity index is 1.93. The van der Waals surface area contributed by atoms with Crippen molar-refractivity contribution >= 4 is 29.1 Å². The van der Waals surface area contributed by atoms with Crippen LogP contribution in [0.15, 0.2) is 95.6 Å². The fraction of sp³-hybridized carbons (Fsp3) is 0.138. The number of para-hydroxylation sites is 1. The SMILES string of the molecule is COC(=O)C1=C(C(=O)OC)C(c2ccc(C)cc2)N(c2ccccc2)C2=C1C(=O)c1ccccc12. The number of ether oxygens (including phenoxy) is 2. The molecular formula is C29H23NO5. The van der Waals surface area contributed by atoms with Crippen LogP contribution in [0, 0.1) is 6.92 Å². The third-order valence-electron chi connectivity index (χ3n) is 6.40. The first-order valence-corrected chi connectivity index (χ1v) is 11.2. The lowest BCUT2D eigenvalue weighted by atomic mass is 9.83. The van der Waals surface area contributed by atoms with Crippen LogP contribution in [-0.4, -0.2) is 31.9 Å². The number of carbonyl (C=O) groups excluding carboxylic acids is 3. The summed E-state index contributed by atoms with van der Waals surface area (Å²) in [4.78, 5) is 42.2. The molecule has 0 saturated carbocycles. The van der Waals surface area contributed by atoms with Gasteiger partial charge in [0.2, 0.25) is 0 Å². The van der Waals surface area contributed by atoms with Gasteiger partial charge >= 0.3 is 11.9 Å². The summed E-state index contributed by atoms with van der Waals surface area (Å²) in [6.45, 7) is 1.98. The fourth-order valence-electron chi connectivity index (χ4n) is 4.85. The first kappa shape index (κ1) is 22.3. The zero-order valence-corrected chi connectivity index (χ0v) is 19.6. The summed E-state index contributed by atoms with van der Waals surface area (Å²) in [5, 5.41) is 0. The number of methoxy groups -OCH3 is 2. The molecule has 6 nitrogen and oxygen atoms in total. The van der Waals surface area contributed by atoms with Crippen LogP contribution in [0.25, 0.3) is 5.70 Å². The molecule has 0 radical (unpaired) electrons. The molecule has 0 aromatic heterocycles. The number of esters is 2. The van der Waals surface area contributed by atoms with Crippen molar-refractivity contribution in [2.24, 2.45) is 0 Å². The van der Waals surface area contributed by atoms with Gasteiger partial charge in [0, 0.05) is 16.8 Å². The van der Waals surface area contributed by atoms with Gasteiger partial charge in [0.15, 0.2) is 5.78 Å². The van der Waals surface area contributed by atoms with Gasteiger partial charge in [-0.15, -0.1) is 0 Å². The topological polar surface area (TPSA) is 72.9 Å². The second-order valence-corrected chi connectivity index (χ2v) is 8.39. The molecular weight excluding hydrogens is 442 g/mol. The summed E-state index contributed by atoms with van der Waals surface area (Å²) in [5.41, 5.74) is 4.45. The minimum Gasteiger partial charge on any atom is -0.466 e. The standard InChI is InChI=1S/C29H23NO5/c1-17-13-15-18(16-14-17)25-24(29(33)35-3)22(28(32)34-2)23-26(30(25)19-9-5-4-6-10-19)20-11-7-8-12-21(20)27(23)31/h4-16,25H,1-3H3. The highest BCUT2D eigenvalue weighted by Crippen LogP contribution is 2.51. The van der Waals surface area contributed by atoms with Crippen molar-refractivity contribution in [2.75, 3.05) is 19.1 Å². The average Bonchev–Trinajstić information content (AvgIpc) is 3.19. The first-order chi connectivity index (χ1) is 17.0. The number of Topliss-reactive ketones (excluding diaryl/α,β-unsaturated/α-hetero) is 1. The molecule has 2 aliphatic rings. The van der Waals surface area contributed by atoms with E-state index < -0.39 is 18.0 Å². The van der Waals surface area contributed by atoms with E-state index in [4.69, 9.17) is 9.47 Å². The molecule has 1 aliphatic carbocycles. The molecule has 35 heavy (non-hydrogen) atoms. The van der Waals surface area contributed by atoms with Crippen LogP contribution in [-0.2, 0) is 19.1 Å². The fourth-order valence-corrected chi connectivity index (χ4v) is 4.85. The minimum atomic E-state index is -0.760. The number of anilines is 1. The van der Waals surface area contributed by atoms with Crippen molar-refractivity contribution < 1.29 is 23.9 Å². The molecule has 5 rings (SSSR count). The van der Waals surface area contributed by atoms with E-state index in [0.717, 1.165) is 16.8 Å². The maximum atomic E-state index is 13.7. The van der Waals surface area contributed by atoms with Gasteiger partial charge in [-0.1, -0.05) is 72.3 Å². The Morgan fingerprint density at radius 1 is 0.771 bits per heavy atom. The number of hydrogen-bond acceptors (Lipinski definition) is 6. The molecule has 3 aromatic carbocycles. The molecule has 1 heterocycles. The largest absolute Gasteiger partial charge is 0.466 e. The van der Waals surface area contributed by atoms with E-state index in [1.165, 1.54) is 14.2 Å². The van der Waals surface area contributed by atoms with E-state index >= 15 is 0 Å². The van der Waals surface area contributed by atoms with E-state index in [9.17, 15) is 14.4 Å². The van der Waals surface area contributed by atoms with Crippen molar-refractivity contribution in [3.8, 4) is 0 Å². The summed E-state index contributed by atoms with van der Waals surface area (Å²) in [7, 11) is 2.50. The number of ketones is 1. The van der Waals surface area contributed by atoms with Crippen LogP contribution in [0.1, 0.15) is 33.1 Å². The molecule has 0 spiro atoms. The second kappa shape index (κ2) is 8.72. The Labute approximate surface area is 203 Å². The summed E-state index contributed by atoms with van der Waals surface area (Å²) in [5.74, 6) is -1.79. The van der Waals surface area contributed by atoms with Crippen LogP contribution in [0.3, 0.4) is 0 Å². The van der Waals surface area contributed by atoms with E-state index in [2.05, 4.69) is 0 Å². The van der Waals surface area contributed by atoms with Gasteiger partial charge < -0.3 is 14.4 Å². The van der Waals surface area contributed by atoms with Gasteiger partial charge in [0.05, 0.1) is 42.7 Å². The van der Waals surface area contributed by atoms with E-state index in [1.54, 1.807) is 12.1 Å². The number of carbonyl (C=O) groups is 3. The summed E-state index contributed by atoms with van der Waals surface area (Å²) >= 11 is 0. The smallest absolute Gasteiger partial charge is 0.339 e. The highest BCUT2D eigenvalue weighted by molar-refractivity contribution is 6.30. The first-order valence-electron chi connectivity index (χ1n) is 11.2. The monoisotopic (exact) mass is 465 g/mol. The van der Waals surface area contributed by atoms with E-state index in [0.29, 0.717) is 16.8 Å². The Morgan fingerprint density at radius 2 is 1.37 bits per heavy atom. The molecule has 0 N–H and O–H groups in total. The lowest BCUT2D eigenvalue weighted by Gasteiger charge is -2.40. The van der Waals surface area contributed by atoms with Gasteiger partial charge in [-0.05, 0) is 24.6 Å². The van der Waals surface area contributed by atoms with Crippen LogP contribution in [0.2, 0.25) is 0 Å². The Kier molecular flexibility index (Phi) is 5.57. The van der Waals surface area contributed by atoms with Gasteiger partial charge in [-0.25, -0.2) is 9.59 Å². The van der Waals surface area contributed by atoms with E-state index in [-0.39, 0.29) is 22.5 Å². The van der Waals surface area contributed by atoms with Gasteiger partial charge in [-0.2, -0.15) is 0 Å². The number of nitrogens with zero attached hydrogens (tertiary/aromatic N) is 1. The number of benzene rings is 3. The molecule has 6 heteroatoms. The zero-order valence-electron chi connectivity index (χ0n) is 19.6. The lowest BCUT2D eigenvalue weighted by molar-refractivity contribution is -0.139. The molecule has 3 aromatic rings. The van der Waals surface area contributed by atoms with E-state index in [1.807, 2.05) is 78.6 Å². The summed E-state index contributed by atoms with van der Waals surface area (Å²) in [6.07, 6.45) is 0. The predicted molar refractivity (Wildman–Crippen MR) is 132 cm³/mol. The molecule has 0 amide bonds. The van der Waals surface area contributed by atoms with Crippen molar-refractivity contribution in [1.82, 2.24) is 0 Å². The molecule has 0 bridgehead atoms. The van der Waals surface area contributed by atoms with Gasteiger partial charge in [0.1, 0.15) is 0 Å². The molecule has 1 unspecified atom stereocenters. The normalized spacial score (nSPS) is 16.7. The van der Waals surface area contributed by atoms with Crippen molar-refractivity contribution in [3.05, 3.63) is 118 Å². The number of rotatable bonds is 4. The Bertz CT molecular complexity index is 1420. The van der Waals surface area contributed by atoms with Gasteiger partial charge in [0.25, 0.3) is 0 Å². The lowest BCUT2D eigenvalue weighted by Crippen LogP contribution is -2.38. The summed E-state index contributed by atoms with van der Waals surface area (Å²) in [6, 6.07) is 23.7. The van der Waals surface area contributed by atoms with Crippen LogP contribution in [0.4, 0.5) is 5.69 Å². The Hall–Kier alpha value is -4.45. The third-order valence-corrected chi connectivity index (χ3v) is 6.40. The van der Waals surface area contributed by atoms with Gasteiger partial charge in [-0.3, -0.25) is 4.79 Å². The number of hydrogen-bond donors (Lipinski definition) is 0. The van der Waals surface area contributed by atoms with Crippen LogP contribution >= 0.6 is 0 Å². The highest BCUT2D eigenvalue weighted by atomic mass is 16.5. The maximum absolute atomic E-state index is 13.7. The Morgan fingerprint density at radius 3 is 2.00 bits per heavy atom. The molecule has 174 valence electrons. The molecule has 0 fully saturated rings. The van der Waals surface area contributed by atoms with Crippen molar-refractivity contribution in [3.63, 3.8) is 0 Å².